The summed E-state index contributed by atoms with van der Waals surface area (Å²) in [6.45, 7) is 1.81. The quantitative estimate of drug-likeness (QED) is 0.0731. The zero-order chi connectivity index (χ0) is 52.8. The Bertz CT molecular complexity index is 2290. The van der Waals surface area contributed by atoms with Crippen LogP contribution in [0.3, 0.4) is 0 Å². The van der Waals surface area contributed by atoms with E-state index in [9.17, 15) is 47.9 Å². The van der Waals surface area contributed by atoms with E-state index in [1.54, 1.807) is 43.2 Å². The van der Waals surface area contributed by atoms with Crippen LogP contribution in [0.1, 0.15) is 67.7 Å². The van der Waals surface area contributed by atoms with Gasteiger partial charge in [0.05, 0.1) is 98.9 Å². The molecule has 0 radical (unpaired) electrons. The number of hydrogen-bond acceptors (Lipinski definition) is 22. The van der Waals surface area contributed by atoms with Crippen LogP contribution in [0.5, 0.6) is 0 Å². The van der Waals surface area contributed by atoms with Crippen LogP contribution in [-0.2, 0) is 90.5 Å². The minimum absolute atomic E-state index is 0. The highest BCUT2D eigenvalue weighted by Gasteiger charge is 2.22. The number of carbonyl (C=O) groups is 10. The van der Waals surface area contributed by atoms with Gasteiger partial charge in [0.25, 0.3) is 0 Å². The van der Waals surface area contributed by atoms with Crippen LogP contribution in [0.2, 0.25) is 0 Å². The molecule has 0 saturated heterocycles. The number of ether oxygens (including phenoxy) is 10. The predicted octanol–water partition coefficient (Wildman–Crippen LogP) is 5.14. The van der Waals surface area contributed by atoms with Gasteiger partial charge in [0.1, 0.15) is 0 Å². The van der Waals surface area contributed by atoms with E-state index in [1.165, 1.54) is 126 Å². The number of esters is 10. The fraction of sp³-hybridized carbons (Fsp3) is 0.300. The van der Waals surface area contributed by atoms with Crippen molar-refractivity contribution in [1.82, 2.24) is 0 Å². The molecule has 0 amide bonds. The van der Waals surface area contributed by atoms with E-state index in [0.717, 1.165) is 5.57 Å². The first-order chi connectivity index (χ1) is 32.2. The summed E-state index contributed by atoms with van der Waals surface area (Å²) in [4.78, 5) is 125. The Morgan fingerprint density at radius 3 is 1.32 bits per heavy atom. The van der Waals surface area contributed by atoms with Crippen molar-refractivity contribution in [3.8, 4) is 12.3 Å². The smallest absolute Gasteiger partial charge is 0.383 e. The maximum absolute atomic E-state index is 11.5. The average molecular weight is 1020 g/mol. The molecule has 0 aromatic heterocycles. The summed E-state index contributed by atoms with van der Waals surface area (Å²) in [6.07, 6.45) is 20.7. The third kappa shape index (κ3) is 31.7. The molecular formula is C50H64O22. The summed E-state index contributed by atoms with van der Waals surface area (Å²) in [5, 5.41) is 0. The summed E-state index contributed by atoms with van der Waals surface area (Å²) in [5.74, 6) is -3.67. The fourth-order valence-electron chi connectivity index (χ4n) is 4.07. The first-order valence-electron chi connectivity index (χ1n) is 18.2. The number of hydrogen-bond donors (Lipinski definition) is 0. The Hall–Kier alpha value is -9.22. The Morgan fingerprint density at radius 1 is 0.500 bits per heavy atom. The van der Waals surface area contributed by atoms with E-state index in [1.807, 2.05) is 0 Å². The lowest BCUT2D eigenvalue weighted by Gasteiger charge is -2.07. The van der Waals surface area contributed by atoms with Gasteiger partial charge >= 0.3 is 65.8 Å². The number of carbonyl (C=O) groups excluding carboxylic acids is 12. The van der Waals surface area contributed by atoms with Crippen molar-refractivity contribution in [3.63, 3.8) is 0 Å². The van der Waals surface area contributed by atoms with Gasteiger partial charge in [-0.05, 0) is 60.1 Å². The molecule has 1 aromatic rings. The molecule has 22 heteroatoms. The number of terminal acetylenes is 1. The molecule has 0 atom stereocenters. The second-order valence-electron chi connectivity index (χ2n) is 11.3. The van der Waals surface area contributed by atoms with E-state index < -0.39 is 59.7 Å². The van der Waals surface area contributed by atoms with Crippen molar-refractivity contribution in [2.75, 3.05) is 71.1 Å². The Labute approximate surface area is 419 Å². The second-order valence-corrected chi connectivity index (χ2v) is 11.3. The third-order valence-electron chi connectivity index (χ3n) is 7.30. The highest BCUT2D eigenvalue weighted by atomic mass is 16.6. The molecular weight excluding hydrogens is 953 g/mol. The lowest BCUT2D eigenvalue weighted by Crippen LogP contribution is -2.13. The number of rotatable bonds is 10. The summed E-state index contributed by atoms with van der Waals surface area (Å²) in [7, 11) is 12.6. The molecule has 0 bridgehead atoms. The van der Waals surface area contributed by atoms with E-state index in [2.05, 4.69) is 53.8 Å². The first kappa shape index (κ1) is 77.0. The standard InChI is InChI=1S/C12H12O6.C11H12O4.C10H10O4.C8H10O4.C4H4O2.CO2.4CH4/c1-16-10(13)7-4-5-8(11(14)17-2)9(6-7)12(15)18-3;1-7-4-5-8(11(13)15-3)9(7)6-10(12)14-2;1-13-9(11)6-7-3-4-8(5-7)10(12)14-2;1-11-7(9)5-3-4-6-8(10)12-2;1-3-4(5)6-2;2-1-3;;;;/h4-6H,1-3H3;4-6H,1-3H3;3-6H,1-2H3;3-6H,1-2H3;1H,2H3;;4*1H4/b;9-6-;;5-3+,6-4+;;;;;;. The Morgan fingerprint density at radius 2 is 0.931 bits per heavy atom. The van der Waals surface area contributed by atoms with E-state index in [0.29, 0.717) is 22.3 Å². The molecule has 1 aromatic carbocycles. The second kappa shape index (κ2) is 45.6. The summed E-state index contributed by atoms with van der Waals surface area (Å²) in [6, 6.07) is 3.90. The van der Waals surface area contributed by atoms with Crippen LogP contribution in [0, 0.1) is 12.3 Å². The molecule has 72 heavy (non-hydrogen) atoms. The monoisotopic (exact) mass is 1020 g/mol. The normalized spacial score (nSPS) is 11.6. The Kier molecular flexibility index (Phi) is 48.7. The molecule has 0 unspecified atom stereocenters. The van der Waals surface area contributed by atoms with Crippen LogP contribution in [0.4, 0.5) is 0 Å². The van der Waals surface area contributed by atoms with Gasteiger partial charge in [-0.2, -0.15) is 9.59 Å². The third-order valence-corrected chi connectivity index (χ3v) is 7.30. The van der Waals surface area contributed by atoms with Crippen LogP contribution < -0.4 is 0 Å². The maximum Gasteiger partial charge on any atom is 0.383 e. The zero-order valence-electron chi connectivity index (χ0n) is 38.6. The highest BCUT2D eigenvalue weighted by molar-refractivity contribution is 6.05. The van der Waals surface area contributed by atoms with Crippen molar-refractivity contribution in [3.05, 3.63) is 130 Å². The minimum atomic E-state index is -0.735. The largest absolute Gasteiger partial charge is 0.466 e. The highest BCUT2D eigenvalue weighted by Crippen LogP contribution is 2.26. The predicted molar refractivity (Wildman–Crippen MR) is 259 cm³/mol. The van der Waals surface area contributed by atoms with Crippen LogP contribution >= 0.6 is 0 Å². The van der Waals surface area contributed by atoms with Gasteiger partial charge in [0, 0.05) is 30.2 Å². The van der Waals surface area contributed by atoms with Crippen molar-refractivity contribution < 1.29 is 105 Å². The minimum Gasteiger partial charge on any atom is -0.466 e. The van der Waals surface area contributed by atoms with Gasteiger partial charge in [0.2, 0.25) is 0 Å². The molecule has 0 heterocycles. The molecule has 2 aliphatic carbocycles. The molecule has 0 spiro atoms. The van der Waals surface area contributed by atoms with Crippen molar-refractivity contribution >= 4 is 65.8 Å². The average Bonchev–Trinajstić information content (AvgIpc) is 3.99. The first-order valence-corrected chi connectivity index (χ1v) is 18.2. The summed E-state index contributed by atoms with van der Waals surface area (Å²) < 4.78 is 44.3. The van der Waals surface area contributed by atoms with Gasteiger partial charge in [0.15, 0.2) is 0 Å². The Balaban J connectivity index is -0.000000146. The van der Waals surface area contributed by atoms with Gasteiger partial charge < -0.3 is 47.4 Å². The molecule has 22 nitrogen and oxygen atoms in total. The molecule has 3 rings (SSSR count). The lowest BCUT2D eigenvalue weighted by molar-refractivity contribution is -0.192. The van der Waals surface area contributed by atoms with Gasteiger partial charge in [-0.3, -0.25) is 0 Å². The SMILES string of the molecule is C.C.C.C.C#CC(=O)OC.COC(=O)/C=C/C=C/C(=O)OC.COC(=O)/C=C1/C(C)=CC=C1C(=O)OC.COC(=O)C=C1C=CC(C(=O)OC)=C1.COC(=O)c1ccc(C(=O)OC)c(C(=O)OC)c1.O=C=O. The van der Waals surface area contributed by atoms with Crippen LogP contribution in [0.25, 0.3) is 0 Å². The van der Waals surface area contributed by atoms with Crippen molar-refractivity contribution in [1.29, 1.82) is 0 Å². The summed E-state index contributed by atoms with van der Waals surface area (Å²) in [5.41, 5.74) is 2.92. The number of allylic oxidation sites excluding steroid dienone is 8. The summed E-state index contributed by atoms with van der Waals surface area (Å²) >= 11 is 0. The number of benzene rings is 1. The van der Waals surface area contributed by atoms with E-state index in [4.69, 9.17) is 9.59 Å². The topological polar surface area (TPSA) is 297 Å². The van der Waals surface area contributed by atoms with Crippen LogP contribution in [0.15, 0.2) is 113 Å². The zero-order valence-corrected chi connectivity index (χ0v) is 38.6. The molecule has 0 saturated carbocycles. The fourth-order valence-corrected chi connectivity index (χ4v) is 4.07. The molecule has 2 aliphatic rings. The maximum atomic E-state index is 11.5. The lowest BCUT2D eigenvalue weighted by atomic mass is 10.0. The van der Waals surface area contributed by atoms with E-state index >= 15 is 0 Å². The molecule has 0 N–H and O–H groups in total. The van der Waals surface area contributed by atoms with Gasteiger partial charge in [-0.25, -0.2) is 47.9 Å². The van der Waals surface area contributed by atoms with Crippen molar-refractivity contribution in [2.45, 2.75) is 36.6 Å². The van der Waals surface area contributed by atoms with Gasteiger partial charge in [-0.1, -0.05) is 54.0 Å². The molecule has 0 fully saturated rings. The van der Waals surface area contributed by atoms with E-state index in [-0.39, 0.29) is 52.5 Å². The van der Waals surface area contributed by atoms with Gasteiger partial charge in [-0.15, -0.1) is 6.42 Å². The van der Waals surface area contributed by atoms with Crippen LogP contribution in [-0.4, -0.2) is 137 Å². The van der Waals surface area contributed by atoms with Crippen molar-refractivity contribution in [2.24, 2.45) is 0 Å². The molecule has 0 aliphatic heterocycles. The molecule has 396 valence electrons. The number of methoxy groups -OCH3 is 10.